The van der Waals surface area contributed by atoms with Crippen LogP contribution in [0.2, 0.25) is 0 Å². The third-order valence-corrected chi connectivity index (χ3v) is 12.2. The van der Waals surface area contributed by atoms with E-state index in [0.29, 0.717) is 13.0 Å². The average Bonchev–Trinajstić information content (AvgIpc) is 3.73. The molecule has 2 aliphatic heterocycles. The van der Waals surface area contributed by atoms with Crippen molar-refractivity contribution in [2.45, 2.75) is 95.1 Å². The zero-order valence-corrected chi connectivity index (χ0v) is 36.7. The fourth-order valence-electron chi connectivity index (χ4n) is 8.78. The van der Waals surface area contributed by atoms with Crippen molar-refractivity contribution in [2.24, 2.45) is 11.8 Å². The summed E-state index contributed by atoms with van der Waals surface area (Å²) in [6.07, 6.45) is 5.01. The second-order valence-corrected chi connectivity index (χ2v) is 15.9. The second kappa shape index (κ2) is 22.3. The number of likely N-dealkylation sites (tertiary alicyclic amines) is 1. The van der Waals surface area contributed by atoms with E-state index in [0.717, 1.165) is 64.5 Å². The number of rotatable bonds is 19. The van der Waals surface area contributed by atoms with Gasteiger partial charge in [0.1, 0.15) is 29.1 Å². The van der Waals surface area contributed by atoms with Gasteiger partial charge in [0.15, 0.2) is 12.6 Å². The molecular weight excluding hydrogens is 807 g/mol. The highest BCUT2D eigenvalue weighted by molar-refractivity contribution is 5.69. The summed E-state index contributed by atoms with van der Waals surface area (Å²) in [5.74, 6) is 5.25. The van der Waals surface area contributed by atoms with E-state index < -0.39 is 42.8 Å². The predicted octanol–water partition coefficient (Wildman–Crippen LogP) is 7.95. The van der Waals surface area contributed by atoms with Crippen molar-refractivity contribution in [3.63, 3.8) is 0 Å². The van der Waals surface area contributed by atoms with Crippen LogP contribution in [0.4, 0.5) is 4.79 Å². The Morgan fingerprint density at radius 2 is 1.11 bits per heavy atom. The van der Waals surface area contributed by atoms with Crippen LogP contribution in [0, 0.1) is 24.2 Å². The molecule has 0 spiro atoms. The van der Waals surface area contributed by atoms with E-state index in [2.05, 4.69) is 5.92 Å². The predicted molar refractivity (Wildman–Crippen MR) is 233 cm³/mol. The SMILES string of the molecule is C#CC1C[C@H]2[C@@H](OC3OC(OCc4ccc(OC)cc4)C(OCc4ccc(OC)cc4)C(OCc4ccc(OC)cc4)C3COCc3ccc(OC)cc3)CCC[C@H]2N1C(=O)OC. The normalized spacial score (nSPS) is 25.4. The van der Waals surface area contributed by atoms with Gasteiger partial charge in [-0.15, -0.1) is 6.42 Å². The van der Waals surface area contributed by atoms with Gasteiger partial charge in [0.25, 0.3) is 0 Å². The quantitative estimate of drug-likeness (QED) is 0.0851. The Morgan fingerprint density at radius 1 is 0.635 bits per heavy atom. The number of amides is 1. The van der Waals surface area contributed by atoms with Gasteiger partial charge in [0, 0.05) is 12.0 Å². The number of carbonyl (C=O) groups excluding carboxylic acids is 1. The lowest BCUT2D eigenvalue weighted by Gasteiger charge is -2.47. The molecule has 0 N–H and O–H groups in total. The van der Waals surface area contributed by atoms with E-state index in [4.69, 9.17) is 58.5 Å². The molecule has 9 atom stereocenters. The number of ether oxygens (including phenoxy) is 11. The average molecular weight is 866 g/mol. The van der Waals surface area contributed by atoms with Crippen molar-refractivity contribution in [1.29, 1.82) is 0 Å². The minimum atomic E-state index is -0.943. The molecule has 0 aromatic heterocycles. The van der Waals surface area contributed by atoms with E-state index >= 15 is 0 Å². The summed E-state index contributed by atoms with van der Waals surface area (Å²) in [6.45, 7) is 1.20. The molecule has 0 bridgehead atoms. The lowest BCUT2D eigenvalue weighted by atomic mass is 9.82. The molecular formula is C50H59NO12. The van der Waals surface area contributed by atoms with Crippen molar-refractivity contribution < 1.29 is 56.9 Å². The Bertz CT molecular complexity index is 2060. The molecule has 2 heterocycles. The lowest BCUT2D eigenvalue weighted by Crippen LogP contribution is -2.60. The first-order chi connectivity index (χ1) is 30.8. The van der Waals surface area contributed by atoms with E-state index in [1.54, 1.807) is 33.3 Å². The van der Waals surface area contributed by atoms with Gasteiger partial charge >= 0.3 is 6.09 Å². The number of benzene rings is 4. The molecule has 3 fully saturated rings. The van der Waals surface area contributed by atoms with Crippen LogP contribution in [0.3, 0.4) is 0 Å². The van der Waals surface area contributed by atoms with Crippen LogP contribution in [0.5, 0.6) is 23.0 Å². The number of fused-ring (bicyclic) bond motifs is 1. The summed E-state index contributed by atoms with van der Waals surface area (Å²) in [5.41, 5.74) is 3.75. The standard InChI is InChI=1S/C50H59NO12/c1-7-37-27-42-44(51(37)50(52)57-6)9-8-10-45(42)62-48-43(32-58-28-33-11-19-38(53-2)20-12-33)46(59-29-34-13-21-39(54-3)22-14-34)47(60-30-35-15-23-40(55-4)24-16-35)49(63-48)61-31-36-17-25-41(56-5)26-18-36/h1,11-26,37,42-49H,8-10,27-32H2,2-6H3/t37?,42-,43?,44-,45+,46?,47?,48?,49?/m1/s1. The van der Waals surface area contributed by atoms with E-state index in [1.165, 1.54) is 7.11 Å². The van der Waals surface area contributed by atoms with Gasteiger partial charge in [-0.1, -0.05) is 54.5 Å². The van der Waals surface area contributed by atoms with Gasteiger partial charge in [0.2, 0.25) is 0 Å². The number of terminal acetylenes is 1. The van der Waals surface area contributed by atoms with Crippen molar-refractivity contribution in [3.05, 3.63) is 119 Å². The van der Waals surface area contributed by atoms with Crippen LogP contribution in [0.15, 0.2) is 97.1 Å². The zero-order chi connectivity index (χ0) is 44.1. The third kappa shape index (κ3) is 11.4. The van der Waals surface area contributed by atoms with Crippen LogP contribution in [-0.4, -0.2) is 96.1 Å². The maximum absolute atomic E-state index is 13.1. The van der Waals surface area contributed by atoms with Crippen LogP contribution in [-0.2, 0) is 59.6 Å². The van der Waals surface area contributed by atoms with Crippen molar-refractivity contribution in [2.75, 3.05) is 42.2 Å². The number of methoxy groups -OCH3 is 5. The Labute approximate surface area is 370 Å². The van der Waals surface area contributed by atoms with Crippen molar-refractivity contribution in [3.8, 4) is 35.3 Å². The Morgan fingerprint density at radius 3 is 1.59 bits per heavy atom. The fraction of sp³-hybridized carbons (Fsp3) is 0.460. The molecule has 63 heavy (non-hydrogen) atoms. The summed E-state index contributed by atoms with van der Waals surface area (Å²) in [6, 6.07) is 30.4. The molecule has 4 aromatic carbocycles. The van der Waals surface area contributed by atoms with Gasteiger partial charge in [-0.25, -0.2) is 4.79 Å². The van der Waals surface area contributed by atoms with E-state index in [1.807, 2.05) is 97.1 Å². The molecule has 7 rings (SSSR count). The van der Waals surface area contributed by atoms with Crippen LogP contribution in [0.1, 0.15) is 47.9 Å². The molecule has 1 amide bonds. The van der Waals surface area contributed by atoms with E-state index in [-0.39, 0.29) is 44.5 Å². The van der Waals surface area contributed by atoms with Gasteiger partial charge in [-0.05, 0) is 96.5 Å². The molecule has 3 aliphatic rings. The topological polar surface area (TPSA) is 122 Å². The highest BCUT2D eigenvalue weighted by Crippen LogP contribution is 2.44. The fourth-order valence-corrected chi connectivity index (χ4v) is 8.78. The van der Waals surface area contributed by atoms with Crippen LogP contribution < -0.4 is 18.9 Å². The molecule has 1 aliphatic carbocycles. The monoisotopic (exact) mass is 865 g/mol. The molecule has 6 unspecified atom stereocenters. The minimum Gasteiger partial charge on any atom is -0.497 e. The molecule has 336 valence electrons. The summed E-state index contributed by atoms with van der Waals surface area (Å²) in [4.78, 5) is 14.8. The Kier molecular flexibility index (Phi) is 16.2. The minimum absolute atomic E-state index is 0.0512. The van der Waals surface area contributed by atoms with Crippen molar-refractivity contribution >= 4 is 6.09 Å². The van der Waals surface area contributed by atoms with Gasteiger partial charge < -0.3 is 52.1 Å². The van der Waals surface area contributed by atoms with Crippen molar-refractivity contribution in [1.82, 2.24) is 4.90 Å². The summed E-state index contributed by atoms with van der Waals surface area (Å²) < 4.78 is 68.2. The summed E-state index contributed by atoms with van der Waals surface area (Å²) >= 11 is 0. The zero-order valence-electron chi connectivity index (χ0n) is 36.7. The highest BCUT2D eigenvalue weighted by atomic mass is 16.8. The maximum atomic E-state index is 13.1. The first-order valence-electron chi connectivity index (χ1n) is 21.4. The maximum Gasteiger partial charge on any atom is 0.410 e. The van der Waals surface area contributed by atoms with Crippen LogP contribution in [0.25, 0.3) is 0 Å². The van der Waals surface area contributed by atoms with Gasteiger partial charge in [0.05, 0.1) is 92.8 Å². The molecule has 1 saturated carbocycles. The number of carbonyl (C=O) groups is 1. The molecule has 13 heteroatoms. The number of hydrogen-bond acceptors (Lipinski definition) is 12. The lowest BCUT2D eigenvalue weighted by molar-refractivity contribution is -0.369. The van der Waals surface area contributed by atoms with Gasteiger partial charge in [-0.3, -0.25) is 4.90 Å². The first-order valence-corrected chi connectivity index (χ1v) is 21.4. The summed E-state index contributed by atoms with van der Waals surface area (Å²) in [5, 5.41) is 0. The molecule has 4 aromatic rings. The third-order valence-electron chi connectivity index (χ3n) is 12.2. The smallest absolute Gasteiger partial charge is 0.410 e. The second-order valence-electron chi connectivity index (χ2n) is 15.9. The summed E-state index contributed by atoms with van der Waals surface area (Å²) in [7, 11) is 7.94. The van der Waals surface area contributed by atoms with Gasteiger partial charge in [-0.2, -0.15) is 0 Å². The Hall–Kier alpha value is -5.33. The first kappa shape index (κ1) is 45.7. The number of nitrogens with zero attached hydrogens (tertiary/aromatic N) is 1. The molecule has 13 nitrogen and oxygen atoms in total. The highest BCUT2D eigenvalue weighted by Gasteiger charge is 2.53. The van der Waals surface area contributed by atoms with Crippen LogP contribution >= 0.6 is 0 Å². The number of hydrogen-bond donors (Lipinski definition) is 0. The molecule has 2 saturated heterocycles. The Balaban J connectivity index is 1.23. The largest absolute Gasteiger partial charge is 0.497 e. The molecule has 0 radical (unpaired) electrons. The van der Waals surface area contributed by atoms with E-state index in [9.17, 15) is 4.79 Å².